The molecule has 0 aliphatic carbocycles. The van der Waals surface area contributed by atoms with Gasteiger partial charge in [0.05, 0.1) is 5.92 Å². The number of aliphatic carboxylic acids is 1. The monoisotopic (exact) mass is 196 g/mol. The molecule has 0 saturated heterocycles. The van der Waals surface area contributed by atoms with Crippen LogP contribution in [0, 0.1) is 0 Å². The van der Waals surface area contributed by atoms with Crippen LogP contribution in [0.25, 0.3) is 0 Å². The first kappa shape index (κ1) is 8.44. The van der Waals surface area contributed by atoms with Crippen LogP contribution in [-0.4, -0.2) is 21.9 Å². The fraction of sp³-hybridized carbons (Fsp3) is 0.222. The summed E-state index contributed by atoms with van der Waals surface area (Å²) in [5, 5.41) is 18.0. The molecule has 1 heterocycles. The van der Waals surface area contributed by atoms with Crippen LogP contribution in [0.15, 0.2) is 23.1 Å². The van der Waals surface area contributed by atoms with Crippen molar-refractivity contribution in [2.45, 2.75) is 10.8 Å². The number of benzene rings is 1. The van der Waals surface area contributed by atoms with Gasteiger partial charge >= 0.3 is 5.97 Å². The summed E-state index contributed by atoms with van der Waals surface area (Å²) in [6.07, 6.45) is 0. The third-order valence-corrected chi connectivity index (χ3v) is 3.26. The van der Waals surface area contributed by atoms with Crippen molar-refractivity contribution in [2.75, 3.05) is 5.75 Å². The molecule has 1 aliphatic heterocycles. The van der Waals surface area contributed by atoms with Gasteiger partial charge in [0.15, 0.2) is 0 Å². The fourth-order valence-corrected chi connectivity index (χ4v) is 2.61. The number of fused-ring (bicyclic) bond motifs is 1. The number of rotatable bonds is 1. The van der Waals surface area contributed by atoms with Crippen LogP contribution >= 0.6 is 11.8 Å². The van der Waals surface area contributed by atoms with E-state index in [-0.39, 0.29) is 5.75 Å². The molecule has 0 aromatic heterocycles. The van der Waals surface area contributed by atoms with Crippen molar-refractivity contribution < 1.29 is 15.0 Å². The van der Waals surface area contributed by atoms with Gasteiger partial charge in [0, 0.05) is 10.6 Å². The lowest BCUT2D eigenvalue weighted by atomic mass is 10.0. The summed E-state index contributed by atoms with van der Waals surface area (Å²) >= 11 is 1.52. The van der Waals surface area contributed by atoms with E-state index in [9.17, 15) is 9.90 Å². The Bertz CT molecular complexity index is 362. The number of carboxylic acids is 1. The number of thioether (sulfide) groups is 1. The number of aromatic hydroxyl groups is 1. The summed E-state index contributed by atoms with van der Waals surface area (Å²) in [4.78, 5) is 11.7. The Morgan fingerprint density at radius 1 is 1.54 bits per heavy atom. The topological polar surface area (TPSA) is 57.5 Å². The molecule has 1 aliphatic rings. The van der Waals surface area contributed by atoms with Gasteiger partial charge in [-0.1, -0.05) is 0 Å². The fourth-order valence-electron chi connectivity index (χ4n) is 1.41. The molecule has 3 nitrogen and oxygen atoms in total. The van der Waals surface area contributed by atoms with Crippen molar-refractivity contribution in [2.24, 2.45) is 0 Å². The number of carboxylic acid groups (broad SMARTS) is 1. The van der Waals surface area contributed by atoms with Gasteiger partial charge in [-0.25, -0.2) is 0 Å². The summed E-state index contributed by atoms with van der Waals surface area (Å²) in [5.41, 5.74) is 0.734. The molecule has 0 fully saturated rings. The van der Waals surface area contributed by atoms with Crippen molar-refractivity contribution in [3.63, 3.8) is 0 Å². The van der Waals surface area contributed by atoms with Gasteiger partial charge in [0.2, 0.25) is 0 Å². The summed E-state index contributed by atoms with van der Waals surface area (Å²) in [5.74, 6) is -0.592. The standard InChI is InChI=1S/C9H8O3S/c10-5-1-2-8-6(3-5)7(4-13-8)9(11)12/h1-3,7,10H,4H2,(H,11,12). The van der Waals surface area contributed by atoms with E-state index in [1.807, 2.05) is 0 Å². The van der Waals surface area contributed by atoms with Crippen LogP contribution in [0.5, 0.6) is 5.75 Å². The third-order valence-electron chi connectivity index (χ3n) is 2.07. The second kappa shape index (κ2) is 2.96. The van der Waals surface area contributed by atoms with E-state index in [2.05, 4.69) is 0 Å². The van der Waals surface area contributed by atoms with Gasteiger partial charge in [-0.15, -0.1) is 11.8 Å². The first-order chi connectivity index (χ1) is 6.18. The van der Waals surface area contributed by atoms with Crippen LogP contribution in [0.3, 0.4) is 0 Å². The molecule has 0 radical (unpaired) electrons. The second-order valence-corrected chi connectivity index (χ2v) is 3.99. The SMILES string of the molecule is O=C(O)C1CSc2ccc(O)cc21. The molecule has 13 heavy (non-hydrogen) atoms. The molecule has 1 aromatic carbocycles. The van der Waals surface area contributed by atoms with Crippen LogP contribution in [-0.2, 0) is 4.79 Å². The largest absolute Gasteiger partial charge is 0.508 e. The minimum Gasteiger partial charge on any atom is -0.508 e. The Hall–Kier alpha value is -1.16. The maximum absolute atomic E-state index is 10.8. The highest BCUT2D eigenvalue weighted by Crippen LogP contribution is 2.40. The van der Waals surface area contributed by atoms with Crippen molar-refractivity contribution in [1.29, 1.82) is 0 Å². The van der Waals surface area contributed by atoms with Crippen LogP contribution in [0.1, 0.15) is 11.5 Å². The van der Waals surface area contributed by atoms with Gasteiger partial charge in [0.1, 0.15) is 5.75 Å². The summed E-state index contributed by atoms with van der Waals surface area (Å²) in [7, 11) is 0. The molecule has 0 amide bonds. The second-order valence-electron chi connectivity index (χ2n) is 2.92. The summed E-state index contributed by atoms with van der Waals surface area (Å²) < 4.78 is 0. The molecule has 0 spiro atoms. The number of phenols is 1. The normalized spacial score (nSPS) is 19.8. The number of hydrogen-bond donors (Lipinski definition) is 2. The van der Waals surface area contributed by atoms with Crippen molar-refractivity contribution in [1.82, 2.24) is 0 Å². The molecule has 0 saturated carbocycles. The lowest BCUT2D eigenvalue weighted by Crippen LogP contribution is -2.10. The van der Waals surface area contributed by atoms with E-state index in [0.717, 1.165) is 10.5 Å². The first-order valence-electron chi connectivity index (χ1n) is 3.87. The van der Waals surface area contributed by atoms with Crippen molar-refractivity contribution in [3.8, 4) is 5.75 Å². The molecule has 0 bridgehead atoms. The van der Waals surface area contributed by atoms with Gasteiger partial charge in [0.25, 0.3) is 0 Å². The molecule has 1 atom stereocenters. The summed E-state index contributed by atoms with van der Waals surface area (Å²) in [6.45, 7) is 0. The molecule has 68 valence electrons. The lowest BCUT2D eigenvalue weighted by Gasteiger charge is -2.04. The highest BCUT2D eigenvalue weighted by atomic mass is 32.2. The predicted octanol–water partition coefficient (Wildman–Crippen LogP) is 1.67. The molecule has 1 aromatic rings. The van der Waals surface area contributed by atoms with Gasteiger partial charge in [-0.2, -0.15) is 0 Å². The van der Waals surface area contributed by atoms with Gasteiger partial charge in [-0.05, 0) is 23.8 Å². The van der Waals surface area contributed by atoms with E-state index in [1.165, 1.54) is 17.8 Å². The number of phenolic OH excluding ortho intramolecular Hbond substituents is 1. The smallest absolute Gasteiger partial charge is 0.311 e. The van der Waals surface area contributed by atoms with Crippen molar-refractivity contribution >= 4 is 17.7 Å². The zero-order chi connectivity index (χ0) is 9.42. The Labute approximate surface area is 79.4 Å². The minimum atomic E-state index is -0.822. The number of hydrogen-bond acceptors (Lipinski definition) is 3. The highest BCUT2D eigenvalue weighted by molar-refractivity contribution is 7.99. The third kappa shape index (κ3) is 1.37. The molecular weight excluding hydrogens is 188 g/mol. The molecule has 1 unspecified atom stereocenters. The average molecular weight is 196 g/mol. The Morgan fingerprint density at radius 2 is 2.31 bits per heavy atom. The van der Waals surface area contributed by atoms with E-state index < -0.39 is 11.9 Å². The maximum Gasteiger partial charge on any atom is 0.311 e. The van der Waals surface area contributed by atoms with Crippen LogP contribution < -0.4 is 0 Å². The van der Waals surface area contributed by atoms with Crippen LogP contribution in [0.2, 0.25) is 0 Å². The summed E-state index contributed by atoms with van der Waals surface area (Å²) in [6, 6.07) is 4.88. The lowest BCUT2D eigenvalue weighted by molar-refractivity contribution is -0.138. The Kier molecular flexibility index (Phi) is 1.92. The van der Waals surface area contributed by atoms with E-state index >= 15 is 0 Å². The highest BCUT2D eigenvalue weighted by Gasteiger charge is 2.29. The molecule has 2 N–H and O–H groups in total. The zero-order valence-electron chi connectivity index (χ0n) is 6.73. The van der Waals surface area contributed by atoms with E-state index in [4.69, 9.17) is 5.11 Å². The predicted molar refractivity (Wildman–Crippen MR) is 49.2 cm³/mol. The van der Waals surface area contributed by atoms with Crippen molar-refractivity contribution in [3.05, 3.63) is 23.8 Å². The molecule has 4 heteroatoms. The quantitative estimate of drug-likeness (QED) is 0.717. The molecular formula is C9H8O3S. The first-order valence-corrected chi connectivity index (χ1v) is 4.85. The zero-order valence-corrected chi connectivity index (χ0v) is 7.54. The van der Waals surface area contributed by atoms with Gasteiger partial charge in [-0.3, -0.25) is 4.79 Å². The van der Waals surface area contributed by atoms with E-state index in [1.54, 1.807) is 12.1 Å². The average Bonchev–Trinajstić information content (AvgIpc) is 2.46. The van der Waals surface area contributed by atoms with E-state index in [0.29, 0.717) is 5.75 Å². The number of carbonyl (C=O) groups is 1. The van der Waals surface area contributed by atoms with Gasteiger partial charge < -0.3 is 10.2 Å². The Balaban J connectivity index is 2.46. The minimum absolute atomic E-state index is 0.132. The van der Waals surface area contributed by atoms with Crippen LogP contribution in [0.4, 0.5) is 0 Å². The maximum atomic E-state index is 10.8. The molecule has 2 rings (SSSR count). The Morgan fingerprint density at radius 3 is 3.00 bits per heavy atom.